The van der Waals surface area contributed by atoms with Crippen LogP contribution < -0.4 is 10.5 Å². The van der Waals surface area contributed by atoms with Gasteiger partial charge in [0.05, 0.1) is 12.0 Å². The fraction of sp³-hybridized carbons (Fsp3) is 0.400. The Labute approximate surface area is 119 Å². The Morgan fingerprint density at radius 3 is 3.10 bits per heavy atom. The standard InChI is InChI=1S/C15H20N4O/c16-5-6-19-11-14(17-12-19)10-18-7-8-20-15-4-2-1-3-13(15)9-18/h1-4,11-12H,5-10,16H2. The normalized spacial score (nSPS) is 15.4. The molecule has 0 bridgehead atoms. The van der Waals surface area contributed by atoms with Crippen molar-refractivity contribution in [2.75, 3.05) is 19.7 Å². The summed E-state index contributed by atoms with van der Waals surface area (Å²) in [5, 5.41) is 0. The molecule has 5 heteroatoms. The van der Waals surface area contributed by atoms with Crippen molar-refractivity contribution in [3.8, 4) is 5.75 Å². The van der Waals surface area contributed by atoms with Gasteiger partial charge >= 0.3 is 0 Å². The Morgan fingerprint density at radius 2 is 2.20 bits per heavy atom. The van der Waals surface area contributed by atoms with Crippen molar-refractivity contribution in [3.05, 3.63) is 48.0 Å². The molecule has 0 atom stereocenters. The average molecular weight is 272 g/mol. The van der Waals surface area contributed by atoms with Crippen LogP contribution in [0.15, 0.2) is 36.8 Å². The molecule has 1 aliphatic heterocycles. The lowest BCUT2D eigenvalue weighted by molar-refractivity contribution is 0.218. The predicted octanol–water partition coefficient (Wildman–Crippen LogP) is 1.24. The summed E-state index contributed by atoms with van der Waals surface area (Å²) in [6.07, 6.45) is 3.93. The van der Waals surface area contributed by atoms with Crippen LogP contribution in [0.1, 0.15) is 11.3 Å². The number of imidazole rings is 1. The number of aromatic nitrogens is 2. The Hall–Kier alpha value is -1.85. The molecule has 0 radical (unpaired) electrons. The van der Waals surface area contributed by atoms with Crippen LogP contribution in [0.5, 0.6) is 5.75 Å². The lowest BCUT2D eigenvalue weighted by atomic mass is 10.2. The van der Waals surface area contributed by atoms with Gasteiger partial charge in [-0.15, -0.1) is 0 Å². The highest BCUT2D eigenvalue weighted by molar-refractivity contribution is 5.33. The summed E-state index contributed by atoms with van der Waals surface area (Å²) in [7, 11) is 0. The van der Waals surface area contributed by atoms with Crippen molar-refractivity contribution in [1.29, 1.82) is 0 Å². The number of benzene rings is 1. The monoisotopic (exact) mass is 272 g/mol. The number of rotatable bonds is 4. The summed E-state index contributed by atoms with van der Waals surface area (Å²) in [6, 6.07) is 8.24. The molecule has 0 saturated carbocycles. The number of nitrogens with two attached hydrogens (primary N) is 1. The fourth-order valence-corrected chi connectivity index (χ4v) is 2.50. The van der Waals surface area contributed by atoms with Gasteiger partial charge in [0.25, 0.3) is 0 Å². The van der Waals surface area contributed by atoms with Crippen LogP contribution in [0.2, 0.25) is 0 Å². The van der Waals surface area contributed by atoms with Gasteiger partial charge in [-0.25, -0.2) is 4.98 Å². The smallest absolute Gasteiger partial charge is 0.123 e. The maximum absolute atomic E-state index is 5.78. The molecule has 0 fully saturated rings. The molecule has 0 amide bonds. The van der Waals surface area contributed by atoms with Crippen LogP contribution in [-0.2, 0) is 19.6 Å². The molecule has 5 nitrogen and oxygen atoms in total. The van der Waals surface area contributed by atoms with Crippen molar-refractivity contribution in [1.82, 2.24) is 14.5 Å². The highest BCUT2D eigenvalue weighted by atomic mass is 16.5. The van der Waals surface area contributed by atoms with E-state index in [4.69, 9.17) is 10.5 Å². The van der Waals surface area contributed by atoms with Crippen molar-refractivity contribution in [2.45, 2.75) is 19.6 Å². The first-order valence-electron chi connectivity index (χ1n) is 6.99. The van der Waals surface area contributed by atoms with Crippen molar-refractivity contribution < 1.29 is 4.74 Å². The molecule has 2 aromatic rings. The average Bonchev–Trinajstić information content (AvgIpc) is 2.78. The van der Waals surface area contributed by atoms with E-state index in [1.165, 1.54) is 5.56 Å². The number of para-hydroxylation sites is 1. The first-order valence-corrected chi connectivity index (χ1v) is 6.99. The highest BCUT2D eigenvalue weighted by Crippen LogP contribution is 2.23. The lowest BCUT2D eigenvalue weighted by Crippen LogP contribution is -2.25. The molecule has 0 unspecified atom stereocenters. The van der Waals surface area contributed by atoms with Crippen LogP contribution in [0.4, 0.5) is 0 Å². The molecule has 20 heavy (non-hydrogen) atoms. The van der Waals surface area contributed by atoms with E-state index in [1.807, 2.05) is 23.0 Å². The lowest BCUT2D eigenvalue weighted by Gasteiger charge is -2.17. The van der Waals surface area contributed by atoms with Crippen molar-refractivity contribution in [3.63, 3.8) is 0 Å². The SMILES string of the molecule is NCCn1cnc(CN2CCOc3ccccc3C2)c1. The first-order chi connectivity index (χ1) is 9.85. The van der Waals surface area contributed by atoms with Gasteiger partial charge in [0, 0.05) is 44.5 Å². The molecule has 2 heterocycles. The van der Waals surface area contributed by atoms with E-state index >= 15 is 0 Å². The fourth-order valence-electron chi connectivity index (χ4n) is 2.50. The van der Waals surface area contributed by atoms with Gasteiger partial charge in [0.15, 0.2) is 0 Å². The third kappa shape index (κ3) is 3.00. The number of ether oxygens (including phenoxy) is 1. The van der Waals surface area contributed by atoms with Crippen LogP contribution in [0, 0.1) is 0 Å². The second kappa shape index (κ2) is 6.07. The van der Waals surface area contributed by atoms with Gasteiger partial charge in [0.2, 0.25) is 0 Å². The van der Waals surface area contributed by atoms with Crippen LogP contribution in [0.25, 0.3) is 0 Å². The minimum atomic E-state index is 0.640. The number of hydrogen-bond acceptors (Lipinski definition) is 4. The Kier molecular flexibility index (Phi) is 3.99. The van der Waals surface area contributed by atoms with Gasteiger partial charge in [-0.1, -0.05) is 18.2 Å². The molecule has 2 N–H and O–H groups in total. The number of hydrogen-bond donors (Lipinski definition) is 1. The van der Waals surface area contributed by atoms with Gasteiger partial charge in [-0.2, -0.15) is 0 Å². The topological polar surface area (TPSA) is 56.3 Å². The molecule has 1 aromatic carbocycles. The summed E-state index contributed by atoms with van der Waals surface area (Å²) in [5.41, 5.74) is 7.88. The quantitative estimate of drug-likeness (QED) is 0.909. The Bertz CT molecular complexity index is 567. The molecule has 1 aliphatic rings. The number of fused-ring (bicyclic) bond motifs is 1. The van der Waals surface area contributed by atoms with E-state index in [1.54, 1.807) is 0 Å². The first kappa shape index (κ1) is 13.1. The molecule has 0 spiro atoms. The van der Waals surface area contributed by atoms with Crippen LogP contribution in [-0.4, -0.2) is 34.1 Å². The third-order valence-corrected chi connectivity index (χ3v) is 3.49. The van der Waals surface area contributed by atoms with E-state index in [2.05, 4.69) is 28.2 Å². The van der Waals surface area contributed by atoms with E-state index in [0.717, 1.165) is 44.2 Å². The second-order valence-electron chi connectivity index (χ2n) is 5.06. The summed E-state index contributed by atoms with van der Waals surface area (Å²) in [6.45, 7) is 4.84. The Morgan fingerprint density at radius 1 is 1.30 bits per heavy atom. The largest absolute Gasteiger partial charge is 0.492 e. The number of nitrogens with zero attached hydrogens (tertiary/aromatic N) is 3. The van der Waals surface area contributed by atoms with Gasteiger partial charge in [-0.3, -0.25) is 4.90 Å². The highest BCUT2D eigenvalue weighted by Gasteiger charge is 2.15. The summed E-state index contributed by atoms with van der Waals surface area (Å²) >= 11 is 0. The zero-order chi connectivity index (χ0) is 13.8. The zero-order valence-corrected chi connectivity index (χ0v) is 11.5. The minimum absolute atomic E-state index is 0.640. The summed E-state index contributed by atoms with van der Waals surface area (Å²) in [5.74, 6) is 1.00. The molecule has 106 valence electrons. The molecule has 0 aliphatic carbocycles. The maximum atomic E-state index is 5.78. The van der Waals surface area contributed by atoms with E-state index in [0.29, 0.717) is 6.54 Å². The minimum Gasteiger partial charge on any atom is -0.492 e. The molecule has 0 saturated heterocycles. The van der Waals surface area contributed by atoms with Gasteiger partial charge in [-0.05, 0) is 6.07 Å². The van der Waals surface area contributed by atoms with Crippen LogP contribution >= 0.6 is 0 Å². The predicted molar refractivity (Wildman–Crippen MR) is 77.3 cm³/mol. The van der Waals surface area contributed by atoms with Gasteiger partial charge in [0.1, 0.15) is 12.4 Å². The third-order valence-electron chi connectivity index (χ3n) is 3.49. The Balaban J connectivity index is 1.68. The second-order valence-corrected chi connectivity index (χ2v) is 5.06. The zero-order valence-electron chi connectivity index (χ0n) is 11.5. The van der Waals surface area contributed by atoms with E-state index < -0.39 is 0 Å². The summed E-state index contributed by atoms with van der Waals surface area (Å²) in [4.78, 5) is 6.80. The maximum Gasteiger partial charge on any atom is 0.123 e. The molecule has 1 aromatic heterocycles. The summed E-state index contributed by atoms with van der Waals surface area (Å²) < 4.78 is 7.82. The molecular formula is C15H20N4O. The molecule has 3 rings (SSSR count). The van der Waals surface area contributed by atoms with Crippen molar-refractivity contribution >= 4 is 0 Å². The van der Waals surface area contributed by atoms with Crippen LogP contribution in [0.3, 0.4) is 0 Å². The van der Waals surface area contributed by atoms with Crippen molar-refractivity contribution in [2.24, 2.45) is 5.73 Å². The molecular weight excluding hydrogens is 252 g/mol. The van der Waals surface area contributed by atoms with E-state index in [9.17, 15) is 0 Å². The van der Waals surface area contributed by atoms with E-state index in [-0.39, 0.29) is 0 Å². The van der Waals surface area contributed by atoms with Gasteiger partial charge < -0.3 is 15.0 Å².